The Morgan fingerprint density at radius 1 is 1.12 bits per heavy atom. The number of hydrogen-bond acceptors (Lipinski definition) is 4. The molecular formula is C21H23NO2S2. The van der Waals surface area contributed by atoms with Gasteiger partial charge in [0, 0.05) is 30.0 Å². The molecule has 2 aromatic rings. The molecule has 0 unspecified atom stereocenters. The Hall–Kier alpha value is -1.59. The maximum absolute atomic E-state index is 13.1. The molecule has 1 saturated heterocycles. The van der Waals surface area contributed by atoms with Crippen molar-refractivity contribution >= 4 is 34.8 Å². The highest BCUT2D eigenvalue weighted by atomic mass is 32.2. The molecule has 1 amide bonds. The third-order valence-corrected chi connectivity index (χ3v) is 7.50. The van der Waals surface area contributed by atoms with E-state index < -0.39 is 0 Å². The van der Waals surface area contributed by atoms with Crippen LogP contribution >= 0.6 is 23.1 Å². The number of likely N-dealkylation sites (tertiary alicyclic amines) is 1. The van der Waals surface area contributed by atoms with Gasteiger partial charge in [0.2, 0.25) is 0 Å². The fourth-order valence-electron chi connectivity index (χ4n) is 3.86. The van der Waals surface area contributed by atoms with Crippen LogP contribution in [-0.2, 0) is 6.42 Å². The van der Waals surface area contributed by atoms with Crippen molar-refractivity contribution in [3.63, 3.8) is 0 Å². The van der Waals surface area contributed by atoms with Crippen LogP contribution in [0, 0.1) is 5.41 Å². The van der Waals surface area contributed by atoms with Gasteiger partial charge in [-0.05, 0) is 42.4 Å². The van der Waals surface area contributed by atoms with Crippen molar-refractivity contribution in [1.29, 1.82) is 0 Å². The zero-order valence-electron chi connectivity index (χ0n) is 15.2. The molecule has 136 valence electrons. The number of fused-ring (bicyclic) bond motifs is 1. The molecule has 1 aliphatic heterocycles. The molecule has 0 saturated carbocycles. The lowest BCUT2D eigenvalue weighted by atomic mass is 9.74. The molecule has 0 spiro atoms. The minimum Gasteiger partial charge on any atom is -0.338 e. The summed E-state index contributed by atoms with van der Waals surface area (Å²) in [6.45, 7) is 5.92. The number of carbonyl (C=O) groups excluding carboxylic acids is 2. The fourth-order valence-corrected chi connectivity index (χ4v) is 6.45. The topological polar surface area (TPSA) is 37.4 Å². The molecule has 2 heterocycles. The van der Waals surface area contributed by atoms with E-state index in [4.69, 9.17) is 0 Å². The summed E-state index contributed by atoms with van der Waals surface area (Å²) >= 11 is 3.13. The van der Waals surface area contributed by atoms with Crippen molar-refractivity contribution in [2.24, 2.45) is 5.41 Å². The predicted molar refractivity (Wildman–Crippen MR) is 106 cm³/mol. The Morgan fingerprint density at radius 2 is 1.81 bits per heavy atom. The van der Waals surface area contributed by atoms with Gasteiger partial charge in [-0.3, -0.25) is 9.59 Å². The summed E-state index contributed by atoms with van der Waals surface area (Å²) in [6, 6.07) is 10.1. The molecule has 0 N–H and O–H groups in total. The summed E-state index contributed by atoms with van der Waals surface area (Å²) in [4.78, 5) is 29.9. The second-order valence-electron chi connectivity index (χ2n) is 7.93. The summed E-state index contributed by atoms with van der Waals surface area (Å²) in [7, 11) is 0. The average molecular weight is 386 g/mol. The molecule has 4 rings (SSSR count). The Bertz CT molecular complexity index is 848. The Balaban J connectivity index is 1.78. The van der Waals surface area contributed by atoms with Crippen molar-refractivity contribution < 1.29 is 9.59 Å². The first-order chi connectivity index (χ1) is 12.4. The summed E-state index contributed by atoms with van der Waals surface area (Å²) in [5.41, 5.74) is 1.72. The van der Waals surface area contributed by atoms with Gasteiger partial charge in [-0.25, -0.2) is 0 Å². The lowest BCUT2D eigenvalue weighted by Crippen LogP contribution is -2.31. The highest BCUT2D eigenvalue weighted by Crippen LogP contribution is 2.47. The number of carbonyl (C=O) groups is 2. The van der Waals surface area contributed by atoms with Crippen LogP contribution in [0.15, 0.2) is 39.4 Å². The number of Topliss-reactive ketones (excluding diaryl/α,β-unsaturated/α-hetero) is 1. The minimum absolute atomic E-state index is 0.0835. The molecule has 1 fully saturated rings. The maximum Gasteiger partial charge on any atom is 0.264 e. The van der Waals surface area contributed by atoms with Crippen molar-refractivity contribution in [1.82, 2.24) is 4.90 Å². The van der Waals surface area contributed by atoms with Gasteiger partial charge < -0.3 is 4.90 Å². The van der Waals surface area contributed by atoms with E-state index in [9.17, 15) is 9.59 Å². The number of ketones is 1. The van der Waals surface area contributed by atoms with Crippen LogP contribution in [0.5, 0.6) is 0 Å². The molecule has 0 radical (unpaired) electrons. The molecule has 1 aromatic carbocycles. The van der Waals surface area contributed by atoms with Crippen molar-refractivity contribution in [3.8, 4) is 0 Å². The summed E-state index contributed by atoms with van der Waals surface area (Å²) in [6.07, 6.45) is 3.51. The van der Waals surface area contributed by atoms with E-state index in [1.807, 2.05) is 23.1 Å². The van der Waals surface area contributed by atoms with Gasteiger partial charge in [0.1, 0.15) is 0 Å². The van der Waals surface area contributed by atoms with Crippen LogP contribution in [0.2, 0.25) is 0 Å². The minimum atomic E-state index is -0.0835. The monoisotopic (exact) mass is 385 g/mol. The standard InChI is InChI=1S/C21H23NO2S2/c1-21(2)12-15-17(16(23)13-21)20(25-14-8-4-3-5-9-14)26-18(15)19(24)22-10-6-7-11-22/h3-5,8-9H,6-7,10-13H2,1-2H3. The predicted octanol–water partition coefficient (Wildman–Crippen LogP) is 5.29. The van der Waals surface area contributed by atoms with Gasteiger partial charge in [0.25, 0.3) is 5.91 Å². The van der Waals surface area contributed by atoms with Crippen LogP contribution in [0.4, 0.5) is 0 Å². The molecule has 1 aliphatic carbocycles. The van der Waals surface area contributed by atoms with Gasteiger partial charge in [0.05, 0.1) is 9.09 Å². The first-order valence-corrected chi connectivity index (χ1v) is 10.8. The number of hydrogen-bond donors (Lipinski definition) is 0. The number of rotatable bonds is 3. The lowest BCUT2D eigenvalue weighted by Gasteiger charge is -2.29. The molecule has 3 nitrogen and oxygen atoms in total. The highest BCUT2D eigenvalue weighted by Gasteiger charge is 2.38. The molecule has 2 aliphatic rings. The van der Waals surface area contributed by atoms with E-state index in [0.29, 0.717) is 6.42 Å². The summed E-state index contributed by atoms with van der Waals surface area (Å²) < 4.78 is 0.981. The van der Waals surface area contributed by atoms with Crippen LogP contribution in [0.3, 0.4) is 0 Å². The Kier molecular flexibility index (Phi) is 4.70. The van der Waals surface area contributed by atoms with Crippen molar-refractivity contribution in [2.75, 3.05) is 13.1 Å². The Morgan fingerprint density at radius 3 is 2.50 bits per heavy atom. The zero-order chi connectivity index (χ0) is 18.3. The number of benzene rings is 1. The molecule has 26 heavy (non-hydrogen) atoms. The molecule has 0 atom stereocenters. The number of amides is 1. The SMILES string of the molecule is CC1(C)CC(=O)c2c(Sc3ccccc3)sc(C(=O)N3CCCC3)c2C1. The van der Waals surface area contributed by atoms with Crippen molar-refractivity contribution in [3.05, 3.63) is 46.3 Å². The molecule has 1 aromatic heterocycles. The van der Waals surface area contributed by atoms with Crippen LogP contribution in [0.25, 0.3) is 0 Å². The quantitative estimate of drug-likeness (QED) is 0.720. The lowest BCUT2D eigenvalue weighted by molar-refractivity contribution is 0.0795. The second kappa shape index (κ2) is 6.86. The molecular weight excluding hydrogens is 362 g/mol. The van der Waals surface area contributed by atoms with Crippen molar-refractivity contribution in [2.45, 2.75) is 48.6 Å². The van der Waals surface area contributed by atoms with Gasteiger partial charge >= 0.3 is 0 Å². The smallest absolute Gasteiger partial charge is 0.264 e. The van der Waals surface area contributed by atoms with Crippen LogP contribution in [0.1, 0.15) is 58.7 Å². The maximum atomic E-state index is 13.1. The van der Waals surface area contributed by atoms with Gasteiger partial charge in [0.15, 0.2) is 5.78 Å². The summed E-state index contributed by atoms with van der Waals surface area (Å²) in [5.74, 6) is 0.306. The highest BCUT2D eigenvalue weighted by molar-refractivity contribution is 8.01. The fraction of sp³-hybridized carbons (Fsp3) is 0.429. The largest absolute Gasteiger partial charge is 0.338 e. The van der Waals surface area contributed by atoms with Crippen LogP contribution < -0.4 is 0 Å². The van der Waals surface area contributed by atoms with E-state index in [1.165, 1.54) is 11.3 Å². The van der Waals surface area contributed by atoms with Gasteiger partial charge in [-0.2, -0.15) is 0 Å². The first kappa shape index (κ1) is 17.8. The third-order valence-electron chi connectivity index (χ3n) is 5.09. The van der Waals surface area contributed by atoms with E-state index in [-0.39, 0.29) is 17.1 Å². The normalized spacial score (nSPS) is 18.8. The van der Waals surface area contributed by atoms with E-state index in [2.05, 4.69) is 26.0 Å². The number of thiophene rings is 1. The zero-order valence-corrected chi connectivity index (χ0v) is 16.8. The molecule has 0 bridgehead atoms. The average Bonchev–Trinajstić information content (AvgIpc) is 3.23. The second-order valence-corrected chi connectivity index (χ2v) is 10.3. The van der Waals surface area contributed by atoms with E-state index in [1.54, 1.807) is 11.8 Å². The summed E-state index contributed by atoms with van der Waals surface area (Å²) in [5, 5.41) is 0. The molecule has 5 heteroatoms. The van der Waals surface area contributed by atoms with Gasteiger partial charge in [-0.1, -0.05) is 43.8 Å². The third kappa shape index (κ3) is 3.35. The van der Waals surface area contributed by atoms with Gasteiger partial charge in [-0.15, -0.1) is 11.3 Å². The number of nitrogens with zero attached hydrogens (tertiary/aromatic N) is 1. The van der Waals surface area contributed by atoms with Crippen LogP contribution in [-0.4, -0.2) is 29.7 Å². The Labute approximate surface area is 162 Å². The van der Waals surface area contributed by atoms with E-state index in [0.717, 1.165) is 57.5 Å². The first-order valence-electron chi connectivity index (χ1n) is 9.16. The van der Waals surface area contributed by atoms with E-state index >= 15 is 0 Å².